The number of rotatable bonds is 1. The quantitative estimate of drug-likeness (QED) is 0.753. The largest absolute Gasteiger partial charge is 0.397 e. The molecule has 2 rings (SSSR count). The van der Waals surface area contributed by atoms with Gasteiger partial charge in [0, 0.05) is 25.9 Å². The molecule has 1 aromatic heterocycles. The van der Waals surface area contributed by atoms with Gasteiger partial charge in [0.05, 0.1) is 23.7 Å². The van der Waals surface area contributed by atoms with Crippen molar-refractivity contribution in [1.29, 1.82) is 0 Å². The average molecular weight is 207 g/mol. The lowest BCUT2D eigenvalue weighted by molar-refractivity contribution is 0.0821. The first-order chi connectivity index (χ1) is 7.25. The van der Waals surface area contributed by atoms with E-state index in [1.165, 1.54) is 0 Å². The molecule has 2 N–H and O–H groups in total. The normalized spacial score (nSPS) is 22.5. The molecule has 1 saturated heterocycles. The van der Waals surface area contributed by atoms with Crippen molar-refractivity contribution >= 4 is 11.4 Å². The molecule has 0 saturated carbocycles. The molecule has 1 aliphatic heterocycles. The minimum absolute atomic E-state index is 0.272. The van der Waals surface area contributed by atoms with Crippen LogP contribution in [0.1, 0.15) is 13.3 Å². The van der Waals surface area contributed by atoms with Crippen LogP contribution in [-0.2, 0) is 4.74 Å². The van der Waals surface area contributed by atoms with Crippen LogP contribution in [0.15, 0.2) is 18.5 Å². The lowest BCUT2D eigenvalue weighted by Crippen LogP contribution is -2.30. The van der Waals surface area contributed by atoms with E-state index in [4.69, 9.17) is 10.5 Å². The van der Waals surface area contributed by atoms with Gasteiger partial charge in [0.15, 0.2) is 0 Å². The van der Waals surface area contributed by atoms with Crippen LogP contribution >= 0.6 is 0 Å². The molecule has 1 atom stereocenters. The minimum atomic E-state index is 0.272. The van der Waals surface area contributed by atoms with E-state index in [0.29, 0.717) is 5.69 Å². The van der Waals surface area contributed by atoms with E-state index in [1.807, 2.05) is 12.3 Å². The van der Waals surface area contributed by atoms with Gasteiger partial charge in [-0.05, 0) is 19.4 Å². The highest BCUT2D eigenvalue weighted by molar-refractivity contribution is 5.53. The summed E-state index contributed by atoms with van der Waals surface area (Å²) >= 11 is 0. The second-order valence-corrected chi connectivity index (χ2v) is 3.96. The number of nitrogen functional groups attached to an aromatic ring is 1. The summed E-state index contributed by atoms with van der Waals surface area (Å²) in [6, 6.07) is 1.96. The summed E-state index contributed by atoms with van der Waals surface area (Å²) in [7, 11) is 0. The molecule has 4 heteroatoms. The van der Waals surface area contributed by atoms with Gasteiger partial charge in [-0.25, -0.2) is 0 Å². The summed E-state index contributed by atoms with van der Waals surface area (Å²) < 4.78 is 5.59. The van der Waals surface area contributed by atoms with Gasteiger partial charge in [-0.2, -0.15) is 0 Å². The number of anilines is 2. The first-order valence-corrected chi connectivity index (χ1v) is 5.33. The molecule has 0 radical (unpaired) electrons. The Morgan fingerprint density at radius 3 is 3.20 bits per heavy atom. The summed E-state index contributed by atoms with van der Waals surface area (Å²) in [5.74, 6) is 0. The number of pyridine rings is 1. The average Bonchev–Trinajstić information content (AvgIpc) is 2.43. The van der Waals surface area contributed by atoms with Gasteiger partial charge in [-0.3, -0.25) is 4.98 Å². The van der Waals surface area contributed by atoms with E-state index in [2.05, 4.69) is 16.8 Å². The Morgan fingerprint density at radius 1 is 1.53 bits per heavy atom. The standard InChI is InChI=1S/C11H17N3O/c1-9-8-14(3-2-4-15-9)11-5-10(12)6-13-7-11/h5-7,9H,2-4,8,12H2,1H3. The number of hydrogen-bond donors (Lipinski definition) is 1. The summed E-state index contributed by atoms with van der Waals surface area (Å²) in [5.41, 5.74) is 7.52. The van der Waals surface area contributed by atoms with Crippen molar-refractivity contribution in [2.75, 3.05) is 30.3 Å². The van der Waals surface area contributed by atoms with Gasteiger partial charge in [-0.1, -0.05) is 0 Å². The van der Waals surface area contributed by atoms with E-state index in [9.17, 15) is 0 Å². The maximum Gasteiger partial charge on any atom is 0.0721 e. The maximum atomic E-state index is 5.72. The fourth-order valence-corrected chi connectivity index (χ4v) is 1.85. The van der Waals surface area contributed by atoms with Crippen LogP contribution in [0.3, 0.4) is 0 Å². The van der Waals surface area contributed by atoms with E-state index in [0.717, 1.165) is 31.8 Å². The van der Waals surface area contributed by atoms with E-state index < -0.39 is 0 Å². The lowest BCUT2D eigenvalue weighted by atomic mass is 10.3. The highest BCUT2D eigenvalue weighted by Crippen LogP contribution is 2.18. The summed E-state index contributed by atoms with van der Waals surface area (Å²) in [6.07, 6.45) is 4.85. The molecule has 2 heterocycles. The van der Waals surface area contributed by atoms with Gasteiger partial charge < -0.3 is 15.4 Å². The first-order valence-electron chi connectivity index (χ1n) is 5.33. The topological polar surface area (TPSA) is 51.4 Å². The number of ether oxygens (including phenoxy) is 1. The van der Waals surface area contributed by atoms with Gasteiger partial charge in [0.1, 0.15) is 0 Å². The maximum absolute atomic E-state index is 5.72. The zero-order valence-electron chi connectivity index (χ0n) is 9.02. The number of hydrogen-bond acceptors (Lipinski definition) is 4. The van der Waals surface area contributed by atoms with Crippen molar-refractivity contribution in [3.8, 4) is 0 Å². The predicted octanol–water partition coefficient (Wildman–Crippen LogP) is 1.28. The molecule has 0 bridgehead atoms. The molecule has 4 nitrogen and oxygen atoms in total. The second-order valence-electron chi connectivity index (χ2n) is 3.96. The molecule has 15 heavy (non-hydrogen) atoms. The van der Waals surface area contributed by atoms with Crippen LogP contribution in [0.4, 0.5) is 11.4 Å². The van der Waals surface area contributed by atoms with Crippen LogP contribution in [0.5, 0.6) is 0 Å². The number of nitrogens with two attached hydrogens (primary N) is 1. The molecule has 1 fully saturated rings. The SMILES string of the molecule is CC1CN(c2cncc(N)c2)CCCO1. The third-order valence-corrected chi connectivity index (χ3v) is 2.56. The van der Waals surface area contributed by atoms with Crippen LogP contribution < -0.4 is 10.6 Å². The fourth-order valence-electron chi connectivity index (χ4n) is 1.85. The Hall–Kier alpha value is -1.29. The van der Waals surface area contributed by atoms with Crippen molar-refractivity contribution in [2.45, 2.75) is 19.4 Å². The minimum Gasteiger partial charge on any atom is -0.397 e. The molecule has 1 unspecified atom stereocenters. The van der Waals surface area contributed by atoms with E-state index >= 15 is 0 Å². The van der Waals surface area contributed by atoms with Gasteiger partial charge in [0.25, 0.3) is 0 Å². The predicted molar refractivity (Wildman–Crippen MR) is 60.9 cm³/mol. The Balaban J connectivity index is 2.14. The summed E-state index contributed by atoms with van der Waals surface area (Å²) in [4.78, 5) is 6.39. The molecular weight excluding hydrogens is 190 g/mol. The molecule has 82 valence electrons. The lowest BCUT2D eigenvalue weighted by Gasteiger charge is -2.24. The van der Waals surface area contributed by atoms with Crippen LogP contribution in [0.2, 0.25) is 0 Å². The molecular formula is C11H17N3O. The van der Waals surface area contributed by atoms with Crippen LogP contribution in [0, 0.1) is 0 Å². The summed E-state index contributed by atoms with van der Waals surface area (Å²) in [5, 5.41) is 0. The second kappa shape index (κ2) is 4.49. The van der Waals surface area contributed by atoms with E-state index in [-0.39, 0.29) is 6.10 Å². The van der Waals surface area contributed by atoms with Crippen molar-refractivity contribution < 1.29 is 4.74 Å². The van der Waals surface area contributed by atoms with Crippen molar-refractivity contribution in [3.05, 3.63) is 18.5 Å². The van der Waals surface area contributed by atoms with Crippen LogP contribution in [0.25, 0.3) is 0 Å². The Kier molecular flexibility index (Phi) is 3.06. The van der Waals surface area contributed by atoms with Crippen molar-refractivity contribution in [2.24, 2.45) is 0 Å². The number of nitrogens with zero attached hydrogens (tertiary/aromatic N) is 2. The smallest absolute Gasteiger partial charge is 0.0721 e. The molecule has 0 aliphatic carbocycles. The molecule has 1 aliphatic rings. The monoisotopic (exact) mass is 207 g/mol. The zero-order chi connectivity index (χ0) is 10.7. The van der Waals surface area contributed by atoms with Crippen LogP contribution in [-0.4, -0.2) is 30.8 Å². The summed E-state index contributed by atoms with van der Waals surface area (Å²) in [6.45, 7) is 4.85. The van der Waals surface area contributed by atoms with Gasteiger partial charge >= 0.3 is 0 Å². The Morgan fingerprint density at radius 2 is 2.40 bits per heavy atom. The molecule has 1 aromatic rings. The third kappa shape index (κ3) is 2.59. The Bertz CT molecular complexity index is 329. The number of aromatic nitrogens is 1. The Labute approximate surface area is 90.0 Å². The highest BCUT2D eigenvalue weighted by Gasteiger charge is 2.15. The third-order valence-electron chi connectivity index (χ3n) is 2.56. The molecule has 0 spiro atoms. The van der Waals surface area contributed by atoms with Gasteiger partial charge in [-0.15, -0.1) is 0 Å². The van der Waals surface area contributed by atoms with Gasteiger partial charge in [0.2, 0.25) is 0 Å². The van der Waals surface area contributed by atoms with E-state index in [1.54, 1.807) is 6.20 Å². The highest BCUT2D eigenvalue weighted by atomic mass is 16.5. The fraction of sp³-hybridized carbons (Fsp3) is 0.545. The van der Waals surface area contributed by atoms with Crippen molar-refractivity contribution in [1.82, 2.24) is 4.98 Å². The first kappa shape index (κ1) is 10.2. The molecule has 0 aromatic carbocycles. The van der Waals surface area contributed by atoms with Crippen molar-refractivity contribution in [3.63, 3.8) is 0 Å². The zero-order valence-corrected chi connectivity index (χ0v) is 9.02. The molecule has 0 amide bonds.